The second-order valence-electron chi connectivity index (χ2n) is 7.90. The molecule has 3 aliphatic carbocycles. The van der Waals surface area contributed by atoms with Gasteiger partial charge in [-0.2, -0.15) is 0 Å². The number of carbonyl (C=O) groups excluding carboxylic acids is 3. The lowest BCUT2D eigenvalue weighted by Gasteiger charge is -2.38. The molecule has 3 amide bonds. The van der Waals surface area contributed by atoms with E-state index >= 15 is 0 Å². The highest BCUT2D eigenvalue weighted by atomic mass is 32.1. The SMILES string of the molecule is CC[C@@H](C(=O)Nc1nnc(C(C)C)s1)N1C(=O)[C@@H]2[C@H](C1=O)[C@H]1C=C[C@H]2CC1. The average molecular weight is 388 g/mol. The van der Waals surface area contributed by atoms with E-state index in [2.05, 4.69) is 27.7 Å². The number of hydrogen-bond donors (Lipinski definition) is 1. The molecule has 1 aromatic heterocycles. The number of rotatable bonds is 5. The maximum Gasteiger partial charge on any atom is 0.249 e. The molecule has 1 aromatic rings. The quantitative estimate of drug-likeness (QED) is 0.618. The van der Waals surface area contributed by atoms with Gasteiger partial charge in [0.2, 0.25) is 22.9 Å². The Labute approximate surface area is 162 Å². The maximum absolute atomic E-state index is 13.1. The molecule has 0 aromatic carbocycles. The summed E-state index contributed by atoms with van der Waals surface area (Å²) in [5, 5.41) is 12.1. The Balaban J connectivity index is 1.54. The number of fused-ring (bicyclic) bond motifs is 1. The minimum Gasteiger partial charge on any atom is -0.299 e. The zero-order valence-electron chi connectivity index (χ0n) is 15.7. The van der Waals surface area contributed by atoms with Gasteiger partial charge in [-0.1, -0.05) is 44.3 Å². The summed E-state index contributed by atoms with van der Waals surface area (Å²) in [5.41, 5.74) is 0. The number of nitrogens with one attached hydrogen (secondary N) is 1. The molecule has 1 saturated heterocycles. The van der Waals surface area contributed by atoms with Crippen LogP contribution >= 0.6 is 11.3 Å². The van der Waals surface area contributed by atoms with Gasteiger partial charge in [0.05, 0.1) is 11.8 Å². The van der Waals surface area contributed by atoms with Crippen LogP contribution in [0.5, 0.6) is 0 Å². The molecule has 27 heavy (non-hydrogen) atoms. The minimum absolute atomic E-state index is 0.124. The van der Waals surface area contributed by atoms with E-state index in [9.17, 15) is 14.4 Å². The van der Waals surface area contributed by atoms with Gasteiger partial charge in [0.15, 0.2) is 0 Å². The van der Waals surface area contributed by atoms with Crippen LogP contribution in [0, 0.1) is 23.7 Å². The van der Waals surface area contributed by atoms with Crippen molar-refractivity contribution in [1.29, 1.82) is 0 Å². The fraction of sp³-hybridized carbons (Fsp3) is 0.632. The van der Waals surface area contributed by atoms with Crippen LogP contribution < -0.4 is 5.32 Å². The van der Waals surface area contributed by atoms with Gasteiger partial charge in [0.25, 0.3) is 0 Å². The van der Waals surface area contributed by atoms with Gasteiger partial charge in [-0.05, 0) is 31.1 Å². The number of hydrogen-bond acceptors (Lipinski definition) is 6. The molecule has 0 spiro atoms. The highest BCUT2D eigenvalue weighted by Gasteiger charge is 2.58. The summed E-state index contributed by atoms with van der Waals surface area (Å²) in [5.74, 6) is -0.864. The van der Waals surface area contributed by atoms with Crippen molar-refractivity contribution in [2.45, 2.75) is 52.0 Å². The first-order chi connectivity index (χ1) is 12.9. The van der Waals surface area contributed by atoms with Gasteiger partial charge in [-0.15, -0.1) is 10.2 Å². The van der Waals surface area contributed by atoms with Crippen molar-refractivity contribution < 1.29 is 14.4 Å². The van der Waals surface area contributed by atoms with E-state index in [1.807, 2.05) is 20.8 Å². The van der Waals surface area contributed by atoms with Crippen LogP contribution in [0.25, 0.3) is 0 Å². The summed E-state index contributed by atoms with van der Waals surface area (Å²) in [7, 11) is 0. The average Bonchev–Trinajstić information content (AvgIpc) is 3.23. The molecule has 8 heteroatoms. The van der Waals surface area contributed by atoms with Crippen LogP contribution in [0.3, 0.4) is 0 Å². The molecule has 2 heterocycles. The normalized spacial score (nSPS) is 30.1. The third-order valence-corrected chi connectivity index (χ3v) is 7.10. The second kappa shape index (κ2) is 6.82. The summed E-state index contributed by atoms with van der Waals surface area (Å²) in [4.78, 5) is 40.2. The van der Waals surface area contributed by atoms with Gasteiger partial charge >= 0.3 is 0 Å². The molecule has 2 fully saturated rings. The van der Waals surface area contributed by atoms with Crippen LogP contribution in [0.4, 0.5) is 5.13 Å². The molecule has 5 rings (SSSR count). The monoisotopic (exact) mass is 388 g/mol. The van der Waals surface area contributed by atoms with Gasteiger partial charge in [0, 0.05) is 5.92 Å². The smallest absolute Gasteiger partial charge is 0.249 e. The summed E-state index contributed by atoms with van der Waals surface area (Å²) in [6.45, 7) is 5.83. The van der Waals surface area contributed by atoms with E-state index in [4.69, 9.17) is 0 Å². The zero-order valence-corrected chi connectivity index (χ0v) is 16.5. The highest BCUT2D eigenvalue weighted by Crippen LogP contribution is 2.50. The Hall–Kier alpha value is -2.09. The molecular formula is C19H24N4O3S. The molecule has 1 aliphatic heterocycles. The van der Waals surface area contributed by atoms with Crippen LogP contribution in [-0.2, 0) is 14.4 Å². The Morgan fingerprint density at radius 3 is 2.22 bits per heavy atom. The van der Waals surface area contributed by atoms with Crippen molar-refractivity contribution in [2.24, 2.45) is 23.7 Å². The Bertz CT molecular complexity index is 786. The van der Waals surface area contributed by atoms with Crippen molar-refractivity contribution in [1.82, 2.24) is 15.1 Å². The van der Waals surface area contributed by atoms with Crippen LogP contribution in [-0.4, -0.2) is 38.9 Å². The summed E-state index contributed by atoms with van der Waals surface area (Å²) in [6.07, 6.45) is 6.43. The van der Waals surface area contributed by atoms with Crippen LogP contribution in [0.2, 0.25) is 0 Å². The summed E-state index contributed by atoms with van der Waals surface area (Å²) < 4.78 is 0. The highest BCUT2D eigenvalue weighted by molar-refractivity contribution is 7.15. The molecule has 1 N–H and O–H groups in total. The number of imide groups is 1. The number of nitrogens with zero attached hydrogens (tertiary/aromatic N) is 3. The van der Waals surface area contributed by atoms with Crippen molar-refractivity contribution >= 4 is 34.2 Å². The Morgan fingerprint density at radius 1 is 1.19 bits per heavy atom. The topological polar surface area (TPSA) is 92.3 Å². The predicted octanol–water partition coefficient (Wildman–Crippen LogP) is 2.58. The fourth-order valence-corrected chi connectivity index (χ4v) is 5.35. The predicted molar refractivity (Wildman–Crippen MR) is 101 cm³/mol. The van der Waals surface area contributed by atoms with Gasteiger partial charge < -0.3 is 0 Å². The zero-order chi connectivity index (χ0) is 19.3. The molecule has 5 atom stereocenters. The lowest BCUT2D eigenvalue weighted by molar-refractivity contribution is -0.146. The van der Waals surface area contributed by atoms with Crippen molar-refractivity contribution in [3.63, 3.8) is 0 Å². The molecular weight excluding hydrogens is 364 g/mol. The van der Waals surface area contributed by atoms with E-state index in [0.29, 0.717) is 11.6 Å². The lowest BCUT2D eigenvalue weighted by Crippen LogP contribution is -2.47. The first-order valence-corrected chi connectivity index (χ1v) is 10.4. The van der Waals surface area contributed by atoms with E-state index < -0.39 is 6.04 Å². The number of allylic oxidation sites excluding steroid dienone is 2. The largest absolute Gasteiger partial charge is 0.299 e. The number of aromatic nitrogens is 2. The Kier molecular flexibility index (Phi) is 4.61. The summed E-state index contributed by atoms with van der Waals surface area (Å²) >= 11 is 1.32. The number of anilines is 1. The van der Waals surface area contributed by atoms with Gasteiger partial charge in [-0.3, -0.25) is 24.6 Å². The number of amides is 3. The standard InChI is InChI=1S/C19H24N4O3S/c1-4-12(15(24)20-19-22-21-16(27-19)9(2)3)23-17(25)13-10-5-6-11(8-7-10)14(13)18(23)26/h5-6,9-14H,4,7-8H2,1-3H3,(H,20,22,24)/t10-,11-,12-,13-,14+/m0/s1. The minimum atomic E-state index is -0.804. The number of carbonyl (C=O) groups is 3. The van der Waals surface area contributed by atoms with Crippen molar-refractivity contribution in [3.05, 3.63) is 17.2 Å². The summed E-state index contributed by atoms with van der Waals surface area (Å²) in [6, 6.07) is -0.804. The van der Waals surface area contributed by atoms with E-state index in [1.54, 1.807) is 0 Å². The van der Waals surface area contributed by atoms with Gasteiger partial charge in [-0.25, -0.2) is 0 Å². The maximum atomic E-state index is 13.1. The van der Waals surface area contributed by atoms with Gasteiger partial charge in [0.1, 0.15) is 11.0 Å². The van der Waals surface area contributed by atoms with E-state index in [-0.39, 0.29) is 47.3 Å². The molecule has 0 radical (unpaired) electrons. The molecule has 4 aliphatic rings. The van der Waals surface area contributed by atoms with E-state index in [1.165, 1.54) is 16.2 Å². The molecule has 0 unspecified atom stereocenters. The van der Waals surface area contributed by atoms with Crippen molar-refractivity contribution in [3.8, 4) is 0 Å². The molecule has 144 valence electrons. The first-order valence-electron chi connectivity index (χ1n) is 9.61. The third kappa shape index (κ3) is 2.90. The molecule has 7 nitrogen and oxygen atoms in total. The lowest BCUT2D eigenvalue weighted by atomic mass is 9.63. The van der Waals surface area contributed by atoms with E-state index in [0.717, 1.165) is 17.8 Å². The van der Waals surface area contributed by atoms with Crippen LogP contribution in [0.15, 0.2) is 12.2 Å². The molecule has 1 saturated carbocycles. The fourth-order valence-electron chi connectivity index (χ4n) is 4.60. The second-order valence-corrected chi connectivity index (χ2v) is 8.91. The van der Waals surface area contributed by atoms with Crippen molar-refractivity contribution in [2.75, 3.05) is 5.32 Å². The Morgan fingerprint density at radius 2 is 1.78 bits per heavy atom. The first kappa shape index (κ1) is 18.3. The third-order valence-electron chi connectivity index (χ3n) is 5.96. The number of likely N-dealkylation sites (tertiary alicyclic amines) is 1. The molecule has 2 bridgehead atoms. The van der Waals surface area contributed by atoms with Crippen LogP contribution in [0.1, 0.15) is 51.0 Å².